The second-order valence-corrected chi connectivity index (χ2v) is 8.41. The lowest BCUT2D eigenvalue weighted by Crippen LogP contribution is -2.40. The number of thiophene rings is 1. The van der Waals surface area contributed by atoms with Gasteiger partial charge in [0.05, 0.1) is 17.5 Å². The van der Waals surface area contributed by atoms with Crippen molar-refractivity contribution in [2.24, 2.45) is 13.0 Å². The van der Waals surface area contributed by atoms with Crippen molar-refractivity contribution in [3.05, 3.63) is 33.9 Å². The molecule has 5 rings (SSSR count). The fourth-order valence-electron chi connectivity index (χ4n) is 4.20. The van der Waals surface area contributed by atoms with E-state index in [1.165, 1.54) is 10.4 Å². The van der Waals surface area contributed by atoms with Gasteiger partial charge in [0.25, 0.3) is 0 Å². The lowest BCUT2D eigenvalue weighted by atomic mass is 10.0. The van der Waals surface area contributed by atoms with Crippen molar-refractivity contribution < 1.29 is 4.79 Å². The molecular formula is C19H22N6OS. The predicted molar refractivity (Wildman–Crippen MR) is 105 cm³/mol. The molecule has 0 aliphatic carbocycles. The number of aromatic nitrogens is 4. The minimum Gasteiger partial charge on any atom is -0.355 e. The van der Waals surface area contributed by atoms with Gasteiger partial charge in [0, 0.05) is 38.1 Å². The van der Waals surface area contributed by atoms with Gasteiger partial charge in [-0.3, -0.25) is 9.48 Å². The first kappa shape index (κ1) is 16.7. The van der Waals surface area contributed by atoms with Gasteiger partial charge in [-0.2, -0.15) is 5.10 Å². The summed E-state index contributed by atoms with van der Waals surface area (Å²) in [7, 11) is 1.89. The third-order valence-electron chi connectivity index (χ3n) is 5.64. The Bertz CT molecular complexity index is 1020. The van der Waals surface area contributed by atoms with Crippen LogP contribution in [0.4, 0.5) is 5.82 Å². The molecule has 3 aromatic rings. The molecule has 0 aromatic carbocycles. The molecule has 1 amide bonds. The normalized spacial score (nSPS) is 19.7. The van der Waals surface area contributed by atoms with Crippen molar-refractivity contribution in [1.82, 2.24) is 24.6 Å². The average molecular weight is 382 g/mol. The smallest absolute Gasteiger partial charge is 0.227 e. The fourth-order valence-corrected chi connectivity index (χ4v) is 5.09. The van der Waals surface area contributed by atoms with Crippen molar-refractivity contribution in [1.29, 1.82) is 0 Å². The second-order valence-electron chi connectivity index (χ2n) is 7.41. The Morgan fingerprint density at radius 1 is 1.30 bits per heavy atom. The van der Waals surface area contributed by atoms with Crippen molar-refractivity contribution in [2.45, 2.75) is 26.3 Å². The maximum Gasteiger partial charge on any atom is 0.227 e. The van der Waals surface area contributed by atoms with Crippen LogP contribution in [0.5, 0.6) is 0 Å². The molecule has 2 aliphatic rings. The largest absolute Gasteiger partial charge is 0.355 e. The van der Waals surface area contributed by atoms with Crippen LogP contribution in [0, 0.1) is 12.8 Å². The van der Waals surface area contributed by atoms with E-state index in [0.717, 1.165) is 55.2 Å². The number of carbonyl (C=O) groups excluding carboxylic acids is 1. The van der Waals surface area contributed by atoms with Gasteiger partial charge in [-0.25, -0.2) is 9.97 Å². The zero-order valence-electron chi connectivity index (χ0n) is 15.6. The zero-order valence-corrected chi connectivity index (χ0v) is 16.4. The predicted octanol–water partition coefficient (Wildman–Crippen LogP) is 2.14. The first-order chi connectivity index (χ1) is 13.1. The van der Waals surface area contributed by atoms with Crippen LogP contribution < -0.4 is 4.90 Å². The van der Waals surface area contributed by atoms with Crippen LogP contribution in [0.25, 0.3) is 11.0 Å². The number of nitrogens with zero attached hydrogens (tertiary/aromatic N) is 6. The van der Waals surface area contributed by atoms with E-state index in [1.54, 1.807) is 16.0 Å². The van der Waals surface area contributed by atoms with Crippen LogP contribution >= 0.6 is 11.3 Å². The number of amides is 1. The van der Waals surface area contributed by atoms with Crippen molar-refractivity contribution in [3.8, 4) is 0 Å². The van der Waals surface area contributed by atoms with Gasteiger partial charge in [-0.1, -0.05) is 0 Å². The molecule has 0 bridgehead atoms. The van der Waals surface area contributed by atoms with Crippen molar-refractivity contribution in [2.75, 3.05) is 24.5 Å². The summed E-state index contributed by atoms with van der Waals surface area (Å²) >= 11 is 1.81. The zero-order chi connectivity index (χ0) is 18.5. The molecule has 0 spiro atoms. The Morgan fingerprint density at radius 2 is 2.19 bits per heavy atom. The SMILES string of the molecule is Cc1nc(N2CCC(C(=O)N3CCc4sccc4C3)C2)c2cnn(C)c2n1. The Hall–Kier alpha value is -2.48. The molecule has 8 heteroatoms. The summed E-state index contributed by atoms with van der Waals surface area (Å²) < 4.78 is 1.78. The van der Waals surface area contributed by atoms with Crippen molar-refractivity contribution in [3.63, 3.8) is 0 Å². The highest BCUT2D eigenvalue weighted by Gasteiger charge is 2.34. The van der Waals surface area contributed by atoms with Gasteiger partial charge in [0.1, 0.15) is 11.6 Å². The molecule has 27 heavy (non-hydrogen) atoms. The van der Waals surface area contributed by atoms with Crippen LogP contribution in [0.1, 0.15) is 22.7 Å². The Morgan fingerprint density at radius 3 is 3.07 bits per heavy atom. The maximum atomic E-state index is 13.1. The van der Waals surface area contributed by atoms with Gasteiger partial charge < -0.3 is 9.80 Å². The fraction of sp³-hybridized carbons (Fsp3) is 0.474. The molecule has 140 valence electrons. The monoisotopic (exact) mass is 382 g/mol. The third-order valence-corrected chi connectivity index (χ3v) is 6.66. The molecule has 5 heterocycles. The van der Waals surface area contributed by atoms with Crippen LogP contribution in [0.3, 0.4) is 0 Å². The van der Waals surface area contributed by atoms with Crippen LogP contribution in [-0.4, -0.2) is 50.2 Å². The van der Waals surface area contributed by atoms with Gasteiger partial charge in [-0.05, 0) is 36.8 Å². The first-order valence-electron chi connectivity index (χ1n) is 9.35. The van der Waals surface area contributed by atoms with E-state index in [2.05, 4.69) is 31.4 Å². The molecule has 0 saturated carbocycles. The van der Waals surface area contributed by atoms with Gasteiger partial charge in [0.15, 0.2) is 5.65 Å². The summed E-state index contributed by atoms with van der Waals surface area (Å²) in [6, 6.07) is 2.16. The Labute approximate surface area is 161 Å². The topological polar surface area (TPSA) is 67.2 Å². The molecule has 3 aromatic heterocycles. The quantitative estimate of drug-likeness (QED) is 0.679. The van der Waals surface area contributed by atoms with Crippen molar-refractivity contribution >= 4 is 34.1 Å². The van der Waals surface area contributed by atoms with Crippen LogP contribution in [0.2, 0.25) is 0 Å². The van der Waals surface area contributed by atoms with E-state index in [-0.39, 0.29) is 11.8 Å². The van der Waals surface area contributed by atoms with Crippen LogP contribution in [0.15, 0.2) is 17.6 Å². The summed E-state index contributed by atoms with van der Waals surface area (Å²) in [5.74, 6) is 1.95. The number of aryl methyl sites for hydroxylation is 2. The number of rotatable bonds is 2. The molecule has 2 aliphatic heterocycles. The van der Waals surface area contributed by atoms with E-state index in [1.807, 2.05) is 25.1 Å². The van der Waals surface area contributed by atoms with E-state index in [9.17, 15) is 4.79 Å². The number of carbonyl (C=O) groups is 1. The molecule has 0 N–H and O–H groups in total. The van der Waals surface area contributed by atoms with E-state index < -0.39 is 0 Å². The maximum absolute atomic E-state index is 13.1. The lowest BCUT2D eigenvalue weighted by molar-refractivity contribution is -0.135. The minimum absolute atomic E-state index is 0.0344. The highest BCUT2D eigenvalue weighted by atomic mass is 32.1. The first-order valence-corrected chi connectivity index (χ1v) is 10.2. The van der Waals surface area contributed by atoms with Gasteiger partial charge in [0.2, 0.25) is 5.91 Å². The Kier molecular flexibility index (Phi) is 3.89. The molecule has 7 nitrogen and oxygen atoms in total. The molecular weight excluding hydrogens is 360 g/mol. The standard InChI is InChI=1S/C19H22N6OS/c1-12-21-17-15(9-20-23(17)2)18(22-12)24-6-3-14(11-24)19(26)25-7-4-16-13(10-25)5-8-27-16/h5,8-9,14H,3-4,6-7,10-11H2,1-2H3. The number of anilines is 1. The lowest BCUT2D eigenvalue weighted by Gasteiger charge is -2.29. The summed E-state index contributed by atoms with van der Waals surface area (Å²) in [4.78, 5) is 28.0. The van der Waals surface area contributed by atoms with Crippen LogP contribution in [-0.2, 0) is 24.8 Å². The minimum atomic E-state index is 0.0344. The Balaban J connectivity index is 1.35. The third kappa shape index (κ3) is 2.79. The summed E-state index contributed by atoms with van der Waals surface area (Å²) in [6.45, 7) is 5.05. The van der Waals surface area contributed by atoms with Gasteiger partial charge in [-0.15, -0.1) is 11.3 Å². The molecule has 1 unspecified atom stereocenters. The second kappa shape index (κ2) is 6.30. The number of fused-ring (bicyclic) bond motifs is 2. The summed E-state index contributed by atoms with van der Waals surface area (Å²) in [5, 5.41) is 7.41. The highest BCUT2D eigenvalue weighted by Crippen LogP contribution is 2.31. The molecule has 0 radical (unpaired) electrons. The summed E-state index contributed by atoms with van der Waals surface area (Å²) in [5.41, 5.74) is 2.16. The van der Waals surface area contributed by atoms with E-state index >= 15 is 0 Å². The highest BCUT2D eigenvalue weighted by molar-refractivity contribution is 7.10. The molecule has 1 saturated heterocycles. The number of hydrogen-bond donors (Lipinski definition) is 0. The van der Waals surface area contributed by atoms with E-state index in [0.29, 0.717) is 6.54 Å². The van der Waals surface area contributed by atoms with E-state index in [4.69, 9.17) is 0 Å². The summed E-state index contributed by atoms with van der Waals surface area (Å²) in [6.07, 6.45) is 3.68. The molecule has 1 atom stereocenters. The van der Waals surface area contributed by atoms with Gasteiger partial charge >= 0.3 is 0 Å². The number of hydrogen-bond acceptors (Lipinski definition) is 6. The average Bonchev–Trinajstić information content (AvgIpc) is 3.40. The molecule has 1 fully saturated rings.